The highest BCUT2D eigenvalue weighted by molar-refractivity contribution is 5.91. The van der Waals surface area contributed by atoms with Crippen molar-refractivity contribution in [1.82, 2.24) is 4.90 Å². The van der Waals surface area contributed by atoms with E-state index >= 15 is 0 Å². The van der Waals surface area contributed by atoms with Gasteiger partial charge in [-0.1, -0.05) is 12.1 Å². The lowest BCUT2D eigenvalue weighted by molar-refractivity contribution is 0.0759. The largest absolute Gasteiger partial charge is 0.493 e. The number of carbonyl (C=O) groups is 1. The first-order valence-electron chi connectivity index (χ1n) is 7.39. The lowest BCUT2D eigenvalue weighted by Crippen LogP contribution is -2.28. The second-order valence-electron chi connectivity index (χ2n) is 5.68. The number of ether oxygens (including phenoxy) is 1. The van der Waals surface area contributed by atoms with E-state index in [0.717, 1.165) is 38.3 Å². The third-order valence-electron chi connectivity index (χ3n) is 4.39. The van der Waals surface area contributed by atoms with Crippen LogP contribution >= 0.6 is 0 Å². The van der Waals surface area contributed by atoms with Gasteiger partial charge in [0, 0.05) is 25.4 Å². The van der Waals surface area contributed by atoms with Crippen molar-refractivity contribution in [3.8, 4) is 5.75 Å². The molecule has 108 valence electrons. The van der Waals surface area contributed by atoms with Crippen LogP contribution in [-0.4, -0.2) is 30.5 Å². The van der Waals surface area contributed by atoms with E-state index in [1.807, 2.05) is 4.90 Å². The topological polar surface area (TPSA) is 42.7 Å². The number of furan rings is 1. The Morgan fingerprint density at radius 3 is 3.10 bits per heavy atom. The quantitative estimate of drug-likeness (QED) is 0.851. The van der Waals surface area contributed by atoms with Crippen LogP contribution in [0, 0.1) is 0 Å². The van der Waals surface area contributed by atoms with Gasteiger partial charge in [0.25, 0.3) is 5.91 Å². The van der Waals surface area contributed by atoms with Crippen molar-refractivity contribution in [2.24, 2.45) is 0 Å². The summed E-state index contributed by atoms with van der Waals surface area (Å²) in [6.07, 6.45) is 3.54. The van der Waals surface area contributed by atoms with Gasteiger partial charge in [0.1, 0.15) is 5.75 Å². The Bertz CT molecular complexity index is 663. The minimum atomic E-state index is -0.00741. The van der Waals surface area contributed by atoms with E-state index in [-0.39, 0.29) is 5.91 Å². The maximum Gasteiger partial charge on any atom is 0.289 e. The molecule has 0 saturated carbocycles. The maximum atomic E-state index is 12.3. The molecule has 2 aliphatic heterocycles. The van der Waals surface area contributed by atoms with E-state index < -0.39 is 0 Å². The van der Waals surface area contributed by atoms with Crippen LogP contribution in [0.1, 0.15) is 34.0 Å². The predicted molar refractivity (Wildman–Crippen MR) is 77.6 cm³/mol. The van der Waals surface area contributed by atoms with Gasteiger partial charge in [-0.15, -0.1) is 0 Å². The number of likely N-dealkylation sites (tertiary alicyclic amines) is 1. The van der Waals surface area contributed by atoms with Gasteiger partial charge in [-0.3, -0.25) is 4.79 Å². The Hall–Kier alpha value is -2.23. The fraction of sp³-hybridized carbons (Fsp3) is 0.353. The van der Waals surface area contributed by atoms with Gasteiger partial charge in [-0.05, 0) is 35.7 Å². The van der Waals surface area contributed by atoms with Crippen LogP contribution in [0.25, 0.3) is 0 Å². The average Bonchev–Trinajstić information content (AvgIpc) is 3.25. The Labute approximate surface area is 123 Å². The highest BCUT2D eigenvalue weighted by atomic mass is 16.5. The molecule has 4 heteroatoms. The van der Waals surface area contributed by atoms with Gasteiger partial charge in [0.15, 0.2) is 5.76 Å². The average molecular weight is 283 g/mol. The Morgan fingerprint density at radius 1 is 1.29 bits per heavy atom. The molecule has 1 atom stereocenters. The standard InChI is InChI=1S/C17H17NO3/c19-17(16-2-1-8-20-16)18-7-5-14(11-18)12-3-4-15-13(10-12)6-9-21-15/h1-4,8,10,14H,5-7,9,11H2/t14-/m0/s1. The van der Waals surface area contributed by atoms with Gasteiger partial charge in [0.2, 0.25) is 0 Å². The first-order chi connectivity index (χ1) is 10.3. The fourth-order valence-electron chi connectivity index (χ4n) is 3.23. The van der Waals surface area contributed by atoms with Crippen molar-refractivity contribution in [1.29, 1.82) is 0 Å². The molecule has 1 aromatic heterocycles. The number of benzene rings is 1. The molecule has 0 spiro atoms. The maximum absolute atomic E-state index is 12.3. The van der Waals surface area contributed by atoms with E-state index in [9.17, 15) is 4.79 Å². The van der Waals surface area contributed by atoms with Gasteiger partial charge < -0.3 is 14.1 Å². The molecule has 0 aliphatic carbocycles. The molecule has 3 heterocycles. The number of carbonyl (C=O) groups excluding carboxylic acids is 1. The molecule has 4 nitrogen and oxygen atoms in total. The number of hydrogen-bond donors (Lipinski definition) is 0. The van der Waals surface area contributed by atoms with Crippen LogP contribution < -0.4 is 4.74 Å². The zero-order chi connectivity index (χ0) is 14.2. The Kier molecular flexibility index (Phi) is 2.95. The molecule has 0 bridgehead atoms. The smallest absolute Gasteiger partial charge is 0.289 e. The Morgan fingerprint density at radius 2 is 2.24 bits per heavy atom. The van der Waals surface area contributed by atoms with Crippen LogP contribution in [0.5, 0.6) is 5.75 Å². The summed E-state index contributed by atoms with van der Waals surface area (Å²) in [4.78, 5) is 14.2. The fourth-order valence-corrected chi connectivity index (χ4v) is 3.23. The van der Waals surface area contributed by atoms with Crippen LogP contribution in [0.3, 0.4) is 0 Å². The summed E-state index contributed by atoms with van der Waals surface area (Å²) >= 11 is 0. The molecule has 4 rings (SSSR count). The van der Waals surface area contributed by atoms with E-state index in [4.69, 9.17) is 9.15 Å². The zero-order valence-corrected chi connectivity index (χ0v) is 11.7. The van der Waals surface area contributed by atoms with Crippen LogP contribution in [0.2, 0.25) is 0 Å². The monoisotopic (exact) mass is 283 g/mol. The predicted octanol–water partition coefficient (Wildman–Crippen LogP) is 2.84. The summed E-state index contributed by atoms with van der Waals surface area (Å²) in [5.41, 5.74) is 2.61. The molecule has 1 amide bonds. The Balaban J connectivity index is 1.50. The SMILES string of the molecule is O=C(c1ccco1)N1CC[C@H](c2ccc3c(c2)CCO3)C1. The van der Waals surface area contributed by atoms with Gasteiger partial charge >= 0.3 is 0 Å². The number of amides is 1. The molecule has 1 fully saturated rings. The third kappa shape index (κ3) is 2.20. The molecule has 0 N–H and O–H groups in total. The molecule has 21 heavy (non-hydrogen) atoms. The van der Waals surface area contributed by atoms with E-state index in [0.29, 0.717) is 11.7 Å². The summed E-state index contributed by atoms with van der Waals surface area (Å²) in [6, 6.07) is 9.92. The first kappa shape index (κ1) is 12.5. The van der Waals surface area contributed by atoms with Gasteiger partial charge in [0.05, 0.1) is 12.9 Å². The third-order valence-corrected chi connectivity index (χ3v) is 4.39. The molecular formula is C17H17NO3. The van der Waals surface area contributed by atoms with Gasteiger partial charge in [-0.25, -0.2) is 0 Å². The number of rotatable bonds is 2. The van der Waals surface area contributed by atoms with Crippen LogP contribution in [0.4, 0.5) is 0 Å². The van der Waals surface area contributed by atoms with E-state index in [1.165, 1.54) is 11.1 Å². The highest BCUT2D eigenvalue weighted by Gasteiger charge is 2.29. The van der Waals surface area contributed by atoms with Crippen molar-refractivity contribution < 1.29 is 13.9 Å². The van der Waals surface area contributed by atoms with Crippen molar-refractivity contribution >= 4 is 5.91 Å². The second-order valence-corrected chi connectivity index (χ2v) is 5.68. The minimum absolute atomic E-state index is 0.00741. The van der Waals surface area contributed by atoms with Crippen molar-refractivity contribution in [3.05, 3.63) is 53.5 Å². The lowest BCUT2D eigenvalue weighted by atomic mass is 9.96. The first-order valence-corrected chi connectivity index (χ1v) is 7.39. The molecular weight excluding hydrogens is 266 g/mol. The highest BCUT2D eigenvalue weighted by Crippen LogP contribution is 2.33. The summed E-state index contributed by atoms with van der Waals surface area (Å²) in [5, 5.41) is 0. The van der Waals surface area contributed by atoms with Crippen LogP contribution in [0.15, 0.2) is 41.0 Å². The minimum Gasteiger partial charge on any atom is -0.493 e. The van der Waals surface area contributed by atoms with E-state index in [1.54, 1.807) is 18.4 Å². The normalized spacial score (nSPS) is 20.4. The van der Waals surface area contributed by atoms with Crippen molar-refractivity contribution in [2.75, 3.05) is 19.7 Å². The summed E-state index contributed by atoms with van der Waals surface area (Å²) in [7, 11) is 0. The summed E-state index contributed by atoms with van der Waals surface area (Å²) in [5.74, 6) is 1.85. The van der Waals surface area contributed by atoms with Crippen molar-refractivity contribution in [2.45, 2.75) is 18.8 Å². The van der Waals surface area contributed by atoms with E-state index in [2.05, 4.69) is 18.2 Å². The lowest BCUT2D eigenvalue weighted by Gasteiger charge is -2.15. The molecule has 0 unspecified atom stereocenters. The van der Waals surface area contributed by atoms with Gasteiger partial charge in [-0.2, -0.15) is 0 Å². The molecule has 2 aromatic rings. The summed E-state index contributed by atoms with van der Waals surface area (Å²) < 4.78 is 10.7. The zero-order valence-electron chi connectivity index (χ0n) is 11.7. The number of hydrogen-bond acceptors (Lipinski definition) is 3. The number of fused-ring (bicyclic) bond motifs is 1. The number of nitrogens with zero attached hydrogens (tertiary/aromatic N) is 1. The molecule has 1 saturated heterocycles. The molecule has 2 aliphatic rings. The molecule has 1 aromatic carbocycles. The molecule has 0 radical (unpaired) electrons. The van der Waals surface area contributed by atoms with Crippen LogP contribution in [-0.2, 0) is 6.42 Å². The summed E-state index contributed by atoms with van der Waals surface area (Å²) in [6.45, 7) is 2.34. The second kappa shape index (κ2) is 4.95. The van der Waals surface area contributed by atoms with Crippen molar-refractivity contribution in [3.63, 3.8) is 0 Å².